The molecule has 94 valence electrons. The van der Waals surface area contributed by atoms with Gasteiger partial charge in [-0.2, -0.15) is 0 Å². The number of hydrogen-bond acceptors (Lipinski definition) is 3. The van der Waals surface area contributed by atoms with E-state index in [1.165, 1.54) is 25.3 Å². The van der Waals surface area contributed by atoms with Crippen molar-refractivity contribution in [3.05, 3.63) is 29.8 Å². The van der Waals surface area contributed by atoms with E-state index in [0.29, 0.717) is 5.56 Å². The number of methoxy groups -OCH3 is 1. The van der Waals surface area contributed by atoms with Crippen LogP contribution in [-0.2, 0) is 9.53 Å². The lowest BCUT2D eigenvalue weighted by atomic mass is 10.0. The predicted molar refractivity (Wildman–Crippen MR) is 53.6 cm³/mol. The van der Waals surface area contributed by atoms with Crippen LogP contribution in [0.3, 0.4) is 0 Å². The third-order valence-electron chi connectivity index (χ3n) is 2.15. The number of hydrogen-bond donors (Lipinski definition) is 0. The molecule has 0 aromatic heterocycles. The molecule has 0 aliphatic rings. The smallest absolute Gasteiger partial charge is 0.469 e. The molecule has 0 heterocycles. The third kappa shape index (κ3) is 3.97. The molecule has 0 aliphatic carbocycles. The van der Waals surface area contributed by atoms with E-state index in [4.69, 9.17) is 0 Å². The van der Waals surface area contributed by atoms with Gasteiger partial charge in [0.25, 0.3) is 0 Å². The van der Waals surface area contributed by atoms with E-state index in [1.54, 1.807) is 6.92 Å². The molecule has 0 saturated carbocycles. The van der Waals surface area contributed by atoms with Gasteiger partial charge < -0.3 is 9.47 Å². The zero-order valence-corrected chi connectivity index (χ0v) is 9.25. The van der Waals surface area contributed by atoms with E-state index >= 15 is 0 Å². The van der Waals surface area contributed by atoms with Crippen molar-refractivity contribution in [2.45, 2.75) is 19.2 Å². The Bertz CT molecular complexity index is 401. The van der Waals surface area contributed by atoms with E-state index in [-0.39, 0.29) is 5.75 Å². The lowest BCUT2D eigenvalue weighted by molar-refractivity contribution is -0.274. The number of benzene rings is 1. The molecule has 1 aromatic rings. The topological polar surface area (TPSA) is 35.5 Å². The normalized spacial score (nSPS) is 13.0. The third-order valence-corrected chi connectivity index (χ3v) is 2.15. The molecule has 6 heteroatoms. The highest BCUT2D eigenvalue weighted by Crippen LogP contribution is 2.26. The summed E-state index contributed by atoms with van der Waals surface area (Å²) >= 11 is 0. The Morgan fingerprint density at radius 1 is 1.35 bits per heavy atom. The van der Waals surface area contributed by atoms with Crippen molar-refractivity contribution < 1.29 is 27.4 Å². The maximum absolute atomic E-state index is 12.0. The minimum Gasteiger partial charge on any atom is -0.469 e. The van der Waals surface area contributed by atoms with Gasteiger partial charge in [-0.3, -0.25) is 4.79 Å². The molecule has 1 rings (SSSR count). The Labute approximate surface area is 96.1 Å². The number of esters is 1. The average molecular weight is 248 g/mol. The van der Waals surface area contributed by atoms with E-state index in [2.05, 4.69) is 9.47 Å². The SMILES string of the molecule is COC(=O)C(C)c1cccc(OC(F)(F)F)c1. The van der Waals surface area contributed by atoms with E-state index in [0.717, 1.165) is 6.07 Å². The molecule has 0 saturated heterocycles. The van der Waals surface area contributed by atoms with Crippen molar-refractivity contribution in [2.24, 2.45) is 0 Å². The molecule has 0 amide bonds. The van der Waals surface area contributed by atoms with Crippen molar-refractivity contribution >= 4 is 5.97 Å². The maximum Gasteiger partial charge on any atom is 0.573 e. The molecule has 0 N–H and O–H groups in total. The van der Waals surface area contributed by atoms with Gasteiger partial charge in [0, 0.05) is 0 Å². The summed E-state index contributed by atoms with van der Waals surface area (Å²) in [4.78, 5) is 11.2. The molecule has 0 radical (unpaired) electrons. The van der Waals surface area contributed by atoms with Gasteiger partial charge in [0.15, 0.2) is 0 Å². The Hall–Kier alpha value is -1.72. The average Bonchev–Trinajstić information content (AvgIpc) is 2.25. The van der Waals surface area contributed by atoms with Gasteiger partial charge in [-0.05, 0) is 24.6 Å². The van der Waals surface area contributed by atoms with Crippen LogP contribution >= 0.6 is 0 Å². The number of carbonyl (C=O) groups is 1. The van der Waals surface area contributed by atoms with Crippen molar-refractivity contribution in [2.75, 3.05) is 7.11 Å². The standard InChI is InChI=1S/C11H11F3O3/c1-7(10(15)16-2)8-4-3-5-9(6-8)17-11(12,13)14/h3-7H,1-2H3. The van der Waals surface area contributed by atoms with Crippen LogP contribution in [0.4, 0.5) is 13.2 Å². The fourth-order valence-corrected chi connectivity index (χ4v) is 1.29. The highest BCUT2D eigenvalue weighted by atomic mass is 19.4. The second kappa shape index (κ2) is 5.07. The largest absolute Gasteiger partial charge is 0.573 e. The number of halogens is 3. The minimum absolute atomic E-state index is 0.356. The molecule has 1 aromatic carbocycles. The Morgan fingerprint density at radius 2 is 2.00 bits per heavy atom. The number of alkyl halides is 3. The lowest BCUT2D eigenvalue weighted by Crippen LogP contribution is -2.17. The lowest BCUT2D eigenvalue weighted by Gasteiger charge is -2.12. The minimum atomic E-state index is -4.74. The zero-order chi connectivity index (χ0) is 13.1. The maximum atomic E-state index is 12.0. The molecule has 3 nitrogen and oxygen atoms in total. The van der Waals surface area contributed by atoms with Crippen LogP contribution in [0.25, 0.3) is 0 Å². The molecule has 1 atom stereocenters. The van der Waals surface area contributed by atoms with Gasteiger partial charge in [-0.25, -0.2) is 0 Å². The molecular weight excluding hydrogens is 237 g/mol. The Morgan fingerprint density at radius 3 is 2.53 bits per heavy atom. The van der Waals surface area contributed by atoms with Gasteiger partial charge in [0.05, 0.1) is 13.0 Å². The van der Waals surface area contributed by atoms with E-state index < -0.39 is 18.2 Å². The number of carbonyl (C=O) groups excluding carboxylic acids is 1. The second-order valence-electron chi connectivity index (χ2n) is 3.37. The molecule has 17 heavy (non-hydrogen) atoms. The zero-order valence-electron chi connectivity index (χ0n) is 9.25. The van der Waals surface area contributed by atoms with Gasteiger partial charge >= 0.3 is 12.3 Å². The second-order valence-corrected chi connectivity index (χ2v) is 3.37. The van der Waals surface area contributed by atoms with Crippen molar-refractivity contribution in [3.8, 4) is 5.75 Å². The summed E-state index contributed by atoms with van der Waals surface area (Å²) in [5.41, 5.74) is 0.401. The first kappa shape index (κ1) is 13.3. The molecular formula is C11H11F3O3. The van der Waals surface area contributed by atoms with Crippen LogP contribution in [0.15, 0.2) is 24.3 Å². The van der Waals surface area contributed by atoms with Crippen molar-refractivity contribution in [1.82, 2.24) is 0 Å². The van der Waals surface area contributed by atoms with Crippen LogP contribution < -0.4 is 4.74 Å². The molecule has 0 spiro atoms. The summed E-state index contributed by atoms with van der Waals surface area (Å²) in [5.74, 6) is -1.52. The fraction of sp³-hybridized carbons (Fsp3) is 0.364. The van der Waals surface area contributed by atoms with Crippen LogP contribution in [0, 0.1) is 0 Å². The summed E-state index contributed by atoms with van der Waals surface area (Å²) in [7, 11) is 1.22. The van der Waals surface area contributed by atoms with Gasteiger partial charge in [-0.1, -0.05) is 12.1 Å². The molecule has 0 bridgehead atoms. The number of ether oxygens (including phenoxy) is 2. The van der Waals surface area contributed by atoms with E-state index in [9.17, 15) is 18.0 Å². The highest BCUT2D eigenvalue weighted by molar-refractivity contribution is 5.77. The van der Waals surface area contributed by atoms with Gasteiger partial charge in [-0.15, -0.1) is 13.2 Å². The van der Waals surface area contributed by atoms with E-state index in [1.807, 2.05) is 0 Å². The van der Waals surface area contributed by atoms with Gasteiger partial charge in [0.2, 0.25) is 0 Å². The first-order chi connectivity index (χ1) is 7.83. The van der Waals surface area contributed by atoms with Crippen LogP contribution in [0.1, 0.15) is 18.4 Å². The summed E-state index contributed by atoms with van der Waals surface area (Å²) in [6.45, 7) is 1.54. The molecule has 1 unspecified atom stereocenters. The predicted octanol–water partition coefficient (Wildman–Crippen LogP) is 2.86. The fourth-order valence-electron chi connectivity index (χ4n) is 1.29. The number of rotatable bonds is 3. The van der Waals surface area contributed by atoms with Crippen LogP contribution in [0.2, 0.25) is 0 Å². The monoisotopic (exact) mass is 248 g/mol. The summed E-state index contributed by atoms with van der Waals surface area (Å²) in [6, 6.07) is 5.25. The Balaban J connectivity index is 2.89. The van der Waals surface area contributed by atoms with Crippen LogP contribution in [-0.4, -0.2) is 19.4 Å². The summed E-state index contributed by atoms with van der Waals surface area (Å²) < 4.78 is 44.2. The first-order valence-electron chi connectivity index (χ1n) is 4.77. The van der Waals surface area contributed by atoms with Crippen molar-refractivity contribution in [1.29, 1.82) is 0 Å². The van der Waals surface area contributed by atoms with Crippen LogP contribution in [0.5, 0.6) is 5.75 Å². The quantitative estimate of drug-likeness (QED) is 0.771. The summed E-state index contributed by atoms with van der Waals surface area (Å²) in [6.07, 6.45) is -4.74. The molecule has 0 aliphatic heterocycles. The first-order valence-corrected chi connectivity index (χ1v) is 4.77. The Kier molecular flexibility index (Phi) is 3.98. The highest BCUT2D eigenvalue weighted by Gasteiger charge is 2.31. The van der Waals surface area contributed by atoms with Gasteiger partial charge in [0.1, 0.15) is 5.75 Å². The molecule has 0 fully saturated rings. The van der Waals surface area contributed by atoms with Crippen molar-refractivity contribution in [3.63, 3.8) is 0 Å². The summed E-state index contributed by atoms with van der Waals surface area (Å²) in [5, 5.41) is 0.